The molecule has 7 heteroatoms. The Labute approximate surface area is 178 Å². The summed E-state index contributed by atoms with van der Waals surface area (Å²) in [6, 6.07) is 20.5. The summed E-state index contributed by atoms with van der Waals surface area (Å²) in [6.45, 7) is 1.92. The molecule has 0 radical (unpaired) electrons. The molecule has 0 bridgehead atoms. The number of anilines is 1. The van der Waals surface area contributed by atoms with E-state index in [-0.39, 0.29) is 22.6 Å². The maximum Gasteiger partial charge on any atom is 0.300 e. The molecule has 1 fully saturated rings. The fourth-order valence-corrected chi connectivity index (χ4v) is 3.65. The summed E-state index contributed by atoms with van der Waals surface area (Å²) in [5, 5.41) is 21.9. The minimum Gasteiger partial charge on any atom is -0.507 e. The highest BCUT2D eigenvalue weighted by molar-refractivity contribution is 6.51. The predicted octanol–water partition coefficient (Wildman–Crippen LogP) is 4.53. The van der Waals surface area contributed by atoms with Crippen LogP contribution in [0, 0.1) is 17.0 Å². The number of carbonyl (C=O) groups is 2. The summed E-state index contributed by atoms with van der Waals surface area (Å²) < 4.78 is 0. The molecular formula is C24H18N2O5. The number of aliphatic hydroxyl groups excluding tert-OH is 1. The fraction of sp³-hybridized carbons (Fsp3) is 0.0833. The summed E-state index contributed by atoms with van der Waals surface area (Å²) in [5.74, 6) is -1.94. The summed E-state index contributed by atoms with van der Waals surface area (Å²) >= 11 is 0. The lowest BCUT2D eigenvalue weighted by molar-refractivity contribution is -0.384. The first-order valence-corrected chi connectivity index (χ1v) is 9.56. The molecule has 7 nitrogen and oxygen atoms in total. The number of hydrogen-bond acceptors (Lipinski definition) is 5. The van der Waals surface area contributed by atoms with Gasteiger partial charge in [0.05, 0.1) is 16.5 Å². The number of carbonyl (C=O) groups excluding carboxylic acids is 2. The Morgan fingerprint density at radius 1 is 0.935 bits per heavy atom. The number of rotatable bonds is 4. The van der Waals surface area contributed by atoms with Crippen molar-refractivity contribution < 1.29 is 19.6 Å². The van der Waals surface area contributed by atoms with Crippen LogP contribution >= 0.6 is 0 Å². The number of amides is 1. The number of benzene rings is 3. The van der Waals surface area contributed by atoms with E-state index in [0.717, 1.165) is 5.56 Å². The van der Waals surface area contributed by atoms with E-state index in [2.05, 4.69) is 0 Å². The fourth-order valence-electron chi connectivity index (χ4n) is 3.65. The lowest BCUT2D eigenvalue weighted by Crippen LogP contribution is -2.29. The molecule has 3 aromatic carbocycles. The van der Waals surface area contributed by atoms with Crippen LogP contribution in [0.25, 0.3) is 5.76 Å². The third-order valence-electron chi connectivity index (χ3n) is 5.22. The second-order valence-corrected chi connectivity index (χ2v) is 7.22. The molecule has 1 aliphatic rings. The molecule has 0 unspecified atom stereocenters. The van der Waals surface area contributed by atoms with Gasteiger partial charge in [-0.2, -0.15) is 0 Å². The molecule has 1 atom stereocenters. The van der Waals surface area contributed by atoms with Crippen LogP contribution in [-0.4, -0.2) is 21.7 Å². The number of aryl methyl sites for hydroxylation is 1. The van der Waals surface area contributed by atoms with E-state index < -0.39 is 22.7 Å². The van der Waals surface area contributed by atoms with Gasteiger partial charge in [-0.25, -0.2) is 0 Å². The third-order valence-corrected chi connectivity index (χ3v) is 5.22. The first-order chi connectivity index (χ1) is 14.9. The minimum atomic E-state index is -0.834. The van der Waals surface area contributed by atoms with Crippen molar-refractivity contribution in [1.82, 2.24) is 0 Å². The van der Waals surface area contributed by atoms with Gasteiger partial charge in [-0.1, -0.05) is 48.0 Å². The van der Waals surface area contributed by atoms with Crippen LogP contribution in [0.3, 0.4) is 0 Å². The van der Waals surface area contributed by atoms with Crippen LogP contribution in [-0.2, 0) is 9.59 Å². The Hall–Kier alpha value is -4.26. The number of ketones is 1. The van der Waals surface area contributed by atoms with Gasteiger partial charge in [0.1, 0.15) is 5.76 Å². The average molecular weight is 414 g/mol. The van der Waals surface area contributed by atoms with Crippen molar-refractivity contribution in [1.29, 1.82) is 0 Å². The second kappa shape index (κ2) is 7.87. The van der Waals surface area contributed by atoms with E-state index >= 15 is 0 Å². The molecule has 0 spiro atoms. The molecule has 0 aliphatic carbocycles. The number of nitrogens with zero attached hydrogens (tertiary/aromatic N) is 2. The topological polar surface area (TPSA) is 101 Å². The van der Waals surface area contributed by atoms with Crippen molar-refractivity contribution in [3.05, 3.63) is 111 Å². The molecule has 1 aliphatic heterocycles. The number of hydrogen-bond donors (Lipinski definition) is 1. The summed E-state index contributed by atoms with van der Waals surface area (Å²) in [5.41, 5.74) is 2.20. The molecule has 0 aromatic heterocycles. The van der Waals surface area contributed by atoms with Crippen molar-refractivity contribution in [2.24, 2.45) is 0 Å². The van der Waals surface area contributed by atoms with Gasteiger partial charge >= 0.3 is 0 Å². The Balaban J connectivity index is 1.90. The SMILES string of the molecule is Cc1ccc(N2C(=O)C(=O)C(=C(O)c3ccc([N+](=O)[O-])cc3)[C@@H]2c2ccccc2)cc1. The molecule has 1 heterocycles. The van der Waals surface area contributed by atoms with Crippen LogP contribution in [0.2, 0.25) is 0 Å². The Bertz CT molecular complexity index is 1200. The van der Waals surface area contributed by atoms with Gasteiger partial charge in [-0.3, -0.25) is 24.6 Å². The average Bonchev–Trinajstić information content (AvgIpc) is 3.05. The summed E-state index contributed by atoms with van der Waals surface area (Å²) in [7, 11) is 0. The van der Waals surface area contributed by atoms with E-state index in [1.54, 1.807) is 36.4 Å². The van der Waals surface area contributed by atoms with E-state index in [0.29, 0.717) is 11.3 Å². The highest BCUT2D eigenvalue weighted by Crippen LogP contribution is 2.42. The second-order valence-electron chi connectivity index (χ2n) is 7.22. The van der Waals surface area contributed by atoms with Gasteiger partial charge in [0, 0.05) is 23.4 Å². The molecule has 31 heavy (non-hydrogen) atoms. The standard InChI is InChI=1S/C24H18N2O5/c1-15-7-11-18(12-8-15)25-21(16-5-3-2-4-6-16)20(23(28)24(25)29)22(27)17-9-13-19(14-10-17)26(30)31/h2-14,21,27H,1H3/t21-/m0/s1. The van der Waals surface area contributed by atoms with Crippen molar-refractivity contribution in [3.63, 3.8) is 0 Å². The first kappa shape index (κ1) is 20.0. The highest BCUT2D eigenvalue weighted by Gasteiger charge is 2.46. The molecular weight excluding hydrogens is 396 g/mol. The molecule has 0 saturated carbocycles. The van der Waals surface area contributed by atoms with E-state index in [4.69, 9.17) is 0 Å². The van der Waals surface area contributed by atoms with E-state index in [1.165, 1.54) is 29.2 Å². The van der Waals surface area contributed by atoms with E-state index in [9.17, 15) is 24.8 Å². The Kier molecular flexibility index (Phi) is 5.09. The van der Waals surface area contributed by atoms with Gasteiger partial charge in [-0.15, -0.1) is 0 Å². The molecule has 1 N–H and O–H groups in total. The highest BCUT2D eigenvalue weighted by atomic mass is 16.6. The number of nitro groups is 1. The molecule has 1 amide bonds. The smallest absolute Gasteiger partial charge is 0.300 e. The third kappa shape index (κ3) is 3.57. The number of Topliss-reactive ketones (excluding diaryl/α,β-unsaturated/α-hetero) is 1. The maximum atomic E-state index is 13.0. The van der Waals surface area contributed by atoms with Gasteiger partial charge in [0.15, 0.2) is 0 Å². The van der Waals surface area contributed by atoms with Crippen LogP contribution < -0.4 is 4.90 Å². The quantitative estimate of drug-likeness (QED) is 0.222. The number of non-ortho nitro benzene ring substituents is 1. The Morgan fingerprint density at radius 2 is 1.55 bits per heavy atom. The first-order valence-electron chi connectivity index (χ1n) is 9.56. The molecule has 3 aromatic rings. The number of nitro benzene ring substituents is 1. The molecule has 4 rings (SSSR count). The van der Waals surface area contributed by atoms with Gasteiger partial charge in [-0.05, 0) is 36.8 Å². The molecule has 154 valence electrons. The van der Waals surface area contributed by atoms with Crippen LogP contribution in [0.15, 0.2) is 84.4 Å². The zero-order valence-electron chi connectivity index (χ0n) is 16.6. The van der Waals surface area contributed by atoms with Gasteiger partial charge < -0.3 is 5.11 Å². The van der Waals surface area contributed by atoms with Crippen LogP contribution in [0.4, 0.5) is 11.4 Å². The lowest BCUT2D eigenvalue weighted by atomic mass is 9.95. The van der Waals surface area contributed by atoms with E-state index in [1.807, 2.05) is 25.1 Å². The largest absolute Gasteiger partial charge is 0.507 e. The minimum absolute atomic E-state index is 0.0642. The Morgan fingerprint density at radius 3 is 2.13 bits per heavy atom. The maximum absolute atomic E-state index is 13.0. The molecule has 1 saturated heterocycles. The number of aliphatic hydroxyl groups is 1. The normalized spacial score (nSPS) is 17.7. The summed E-state index contributed by atoms with van der Waals surface area (Å²) in [4.78, 5) is 37.8. The van der Waals surface area contributed by atoms with Gasteiger partial charge in [0.2, 0.25) is 0 Å². The van der Waals surface area contributed by atoms with Crippen molar-refractivity contribution in [2.45, 2.75) is 13.0 Å². The predicted molar refractivity (Wildman–Crippen MR) is 116 cm³/mol. The zero-order valence-corrected chi connectivity index (χ0v) is 16.6. The van der Waals surface area contributed by atoms with Crippen molar-refractivity contribution >= 4 is 28.8 Å². The zero-order chi connectivity index (χ0) is 22.1. The monoisotopic (exact) mass is 414 g/mol. The van der Waals surface area contributed by atoms with Crippen molar-refractivity contribution in [3.8, 4) is 0 Å². The van der Waals surface area contributed by atoms with Crippen LogP contribution in [0.1, 0.15) is 22.7 Å². The van der Waals surface area contributed by atoms with Gasteiger partial charge in [0.25, 0.3) is 17.4 Å². The summed E-state index contributed by atoms with van der Waals surface area (Å²) in [6.07, 6.45) is 0. The lowest BCUT2D eigenvalue weighted by Gasteiger charge is -2.25. The van der Waals surface area contributed by atoms with Crippen molar-refractivity contribution in [2.75, 3.05) is 4.90 Å². The van der Waals surface area contributed by atoms with Crippen LogP contribution in [0.5, 0.6) is 0 Å².